The molecule has 136 valence electrons. The first-order chi connectivity index (χ1) is 12.6. The number of amides is 3. The van der Waals surface area contributed by atoms with Gasteiger partial charge in [0.25, 0.3) is 5.91 Å². The Balaban J connectivity index is 1.36. The van der Waals surface area contributed by atoms with E-state index < -0.39 is 0 Å². The van der Waals surface area contributed by atoms with Crippen molar-refractivity contribution in [1.82, 2.24) is 25.3 Å². The normalized spacial score (nSPS) is 19.4. The van der Waals surface area contributed by atoms with Crippen molar-refractivity contribution in [3.05, 3.63) is 42.1 Å². The summed E-state index contributed by atoms with van der Waals surface area (Å²) >= 11 is 0. The molecule has 2 aromatic rings. The fraction of sp³-hybridized carbons (Fsp3) is 0.421. The van der Waals surface area contributed by atoms with E-state index in [9.17, 15) is 9.59 Å². The van der Waals surface area contributed by atoms with Gasteiger partial charge in [0.15, 0.2) is 0 Å². The van der Waals surface area contributed by atoms with Gasteiger partial charge in [-0.25, -0.2) is 4.79 Å². The van der Waals surface area contributed by atoms with Gasteiger partial charge in [-0.15, -0.1) is 0 Å². The summed E-state index contributed by atoms with van der Waals surface area (Å²) < 4.78 is 0. The topological polar surface area (TPSA) is 81.3 Å². The Bertz CT molecular complexity index is 799. The second-order valence-electron chi connectivity index (χ2n) is 7.06. The number of hydrogen-bond donors (Lipinski definition) is 2. The second kappa shape index (κ2) is 6.82. The molecule has 26 heavy (non-hydrogen) atoms. The summed E-state index contributed by atoms with van der Waals surface area (Å²) in [7, 11) is 1.83. The van der Waals surface area contributed by atoms with Gasteiger partial charge in [-0.1, -0.05) is 30.3 Å². The number of aromatic nitrogens is 2. The van der Waals surface area contributed by atoms with E-state index in [1.54, 1.807) is 15.9 Å². The SMILES string of the molecule is CN(C(=O)N[C@@H]1CCN(C(=O)c2cc(-c3ccccc3)n[nH]2)C1)C1CC1. The number of likely N-dealkylation sites (tertiary alicyclic amines) is 1. The average Bonchev–Trinajstić information content (AvgIpc) is 3.21. The van der Waals surface area contributed by atoms with E-state index in [4.69, 9.17) is 0 Å². The molecule has 1 aliphatic heterocycles. The molecule has 2 aliphatic rings. The summed E-state index contributed by atoms with van der Waals surface area (Å²) in [6.07, 6.45) is 2.95. The molecule has 2 heterocycles. The van der Waals surface area contributed by atoms with Gasteiger partial charge >= 0.3 is 6.03 Å². The molecule has 0 radical (unpaired) electrons. The Morgan fingerprint density at radius 3 is 2.73 bits per heavy atom. The zero-order valence-corrected chi connectivity index (χ0v) is 14.8. The molecule has 1 aliphatic carbocycles. The third-order valence-electron chi connectivity index (χ3n) is 5.10. The van der Waals surface area contributed by atoms with Crippen molar-refractivity contribution in [1.29, 1.82) is 0 Å². The summed E-state index contributed by atoms with van der Waals surface area (Å²) in [5.74, 6) is -0.0769. The lowest BCUT2D eigenvalue weighted by Crippen LogP contribution is -2.45. The minimum absolute atomic E-state index is 0.00386. The number of urea groups is 1. The summed E-state index contributed by atoms with van der Waals surface area (Å²) in [5, 5.41) is 10.1. The van der Waals surface area contributed by atoms with Gasteiger partial charge in [-0.2, -0.15) is 5.10 Å². The molecule has 7 nitrogen and oxygen atoms in total. The lowest BCUT2D eigenvalue weighted by atomic mass is 10.1. The Kier molecular flexibility index (Phi) is 4.36. The number of nitrogens with zero attached hydrogens (tertiary/aromatic N) is 3. The van der Waals surface area contributed by atoms with Crippen LogP contribution in [0.15, 0.2) is 36.4 Å². The highest BCUT2D eigenvalue weighted by molar-refractivity contribution is 5.93. The van der Waals surface area contributed by atoms with Gasteiger partial charge < -0.3 is 15.1 Å². The van der Waals surface area contributed by atoms with Crippen LogP contribution in [0, 0.1) is 0 Å². The first-order valence-electron chi connectivity index (χ1n) is 9.05. The largest absolute Gasteiger partial charge is 0.335 e. The van der Waals surface area contributed by atoms with E-state index in [0.29, 0.717) is 24.8 Å². The number of rotatable bonds is 4. The van der Waals surface area contributed by atoms with Crippen LogP contribution < -0.4 is 5.32 Å². The Morgan fingerprint density at radius 1 is 1.23 bits per heavy atom. The van der Waals surface area contributed by atoms with Crippen LogP contribution >= 0.6 is 0 Å². The molecule has 0 unspecified atom stereocenters. The van der Waals surface area contributed by atoms with Crippen molar-refractivity contribution >= 4 is 11.9 Å². The lowest BCUT2D eigenvalue weighted by Gasteiger charge is -2.21. The smallest absolute Gasteiger partial charge is 0.317 e. The van der Waals surface area contributed by atoms with Crippen molar-refractivity contribution in [3.8, 4) is 11.3 Å². The van der Waals surface area contributed by atoms with Gasteiger partial charge in [0.05, 0.1) is 5.69 Å². The number of H-pyrrole nitrogens is 1. The predicted octanol–water partition coefficient (Wildman–Crippen LogP) is 2.09. The lowest BCUT2D eigenvalue weighted by molar-refractivity contribution is 0.0783. The fourth-order valence-corrected chi connectivity index (χ4v) is 3.33. The van der Waals surface area contributed by atoms with Gasteiger partial charge in [-0.3, -0.25) is 9.89 Å². The highest BCUT2D eigenvalue weighted by Gasteiger charge is 2.33. The predicted molar refractivity (Wildman–Crippen MR) is 97.6 cm³/mol. The fourth-order valence-electron chi connectivity index (χ4n) is 3.33. The van der Waals surface area contributed by atoms with E-state index >= 15 is 0 Å². The van der Waals surface area contributed by atoms with E-state index in [1.807, 2.05) is 37.4 Å². The molecule has 4 rings (SSSR count). The molecule has 1 aromatic carbocycles. The Hall–Kier alpha value is -2.83. The number of carbonyl (C=O) groups is 2. The molecule has 3 amide bonds. The zero-order chi connectivity index (χ0) is 18.1. The quantitative estimate of drug-likeness (QED) is 0.883. The zero-order valence-electron chi connectivity index (χ0n) is 14.8. The van der Waals surface area contributed by atoms with Crippen LogP contribution in [0.4, 0.5) is 4.79 Å². The molecular formula is C19H23N5O2. The highest BCUT2D eigenvalue weighted by atomic mass is 16.2. The number of benzene rings is 1. The van der Waals surface area contributed by atoms with E-state index in [0.717, 1.165) is 30.5 Å². The molecule has 1 saturated carbocycles. The molecule has 1 saturated heterocycles. The third-order valence-corrected chi connectivity index (χ3v) is 5.10. The molecule has 7 heteroatoms. The van der Waals surface area contributed by atoms with Crippen molar-refractivity contribution in [2.75, 3.05) is 20.1 Å². The van der Waals surface area contributed by atoms with E-state index in [-0.39, 0.29) is 18.0 Å². The van der Waals surface area contributed by atoms with Crippen molar-refractivity contribution in [2.24, 2.45) is 0 Å². The Morgan fingerprint density at radius 2 is 2.00 bits per heavy atom. The molecule has 2 N–H and O–H groups in total. The molecule has 0 bridgehead atoms. The van der Waals surface area contributed by atoms with Crippen molar-refractivity contribution < 1.29 is 9.59 Å². The first-order valence-corrected chi connectivity index (χ1v) is 9.05. The van der Waals surface area contributed by atoms with E-state index in [1.165, 1.54) is 0 Å². The minimum atomic E-state index is -0.0769. The second-order valence-corrected chi connectivity index (χ2v) is 7.06. The van der Waals surface area contributed by atoms with Gasteiger partial charge in [0.2, 0.25) is 0 Å². The Labute approximate surface area is 152 Å². The van der Waals surface area contributed by atoms with Crippen LogP contribution in [-0.2, 0) is 0 Å². The van der Waals surface area contributed by atoms with Crippen LogP contribution in [0.3, 0.4) is 0 Å². The van der Waals surface area contributed by atoms with Gasteiger partial charge in [-0.05, 0) is 25.3 Å². The third kappa shape index (κ3) is 3.42. The highest BCUT2D eigenvalue weighted by Crippen LogP contribution is 2.25. The van der Waals surface area contributed by atoms with Crippen molar-refractivity contribution in [2.45, 2.75) is 31.3 Å². The van der Waals surface area contributed by atoms with Crippen LogP contribution in [0.2, 0.25) is 0 Å². The maximum Gasteiger partial charge on any atom is 0.317 e. The first kappa shape index (κ1) is 16.6. The summed E-state index contributed by atoms with van der Waals surface area (Å²) in [5.41, 5.74) is 2.20. The standard InChI is InChI=1S/C19H23N5O2/c1-23(15-7-8-15)19(26)20-14-9-10-24(12-14)18(25)17-11-16(21-22-17)13-5-3-2-4-6-13/h2-6,11,14-15H,7-10,12H2,1H3,(H,20,26)(H,21,22)/t14-/m1/s1. The van der Waals surface area contributed by atoms with Crippen LogP contribution in [0.5, 0.6) is 0 Å². The number of carbonyl (C=O) groups excluding carboxylic acids is 2. The molecular weight excluding hydrogens is 330 g/mol. The number of nitrogens with one attached hydrogen (secondary N) is 2. The molecule has 0 spiro atoms. The van der Waals surface area contributed by atoms with E-state index in [2.05, 4.69) is 15.5 Å². The number of hydrogen-bond acceptors (Lipinski definition) is 3. The molecule has 1 aromatic heterocycles. The summed E-state index contributed by atoms with van der Waals surface area (Å²) in [6, 6.07) is 11.9. The van der Waals surface area contributed by atoms with Crippen molar-refractivity contribution in [3.63, 3.8) is 0 Å². The maximum atomic E-state index is 12.7. The maximum absolute atomic E-state index is 12.7. The molecule has 1 atom stereocenters. The van der Waals surface area contributed by atoms with Crippen LogP contribution in [-0.4, -0.2) is 64.2 Å². The van der Waals surface area contributed by atoms with Crippen LogP contribution in [0.1, 0.15) is 29.8 Å². The monoisotopic (exact) mass is 353 g/mol. The average molecular weight is 353 g/mol. The summed E-state index contributed by atoms with van der Waals surface area (Å²) in [6.45, 7) is 1.17. The van der Waals surface area contributed by atoms with Crippen LogP contribution in [0.25, 0.3) is 11.3 Å². The summed E-state index contributed by atoms with van der Waals surface area (Å²) in [4.78, 5) is 28.4. The number of aromatic amines is 1. The minimum Gasteiger partial charge on any atom is -0.335 e. The van der Waals surface area contributed by atoms with Gasteiger partial charge in [0.1, 0.15) is 5.69 Å². The molecule has 2 fully saturated rings. The van der Waals surface area contributed by atoms with Gasteiger partial charge in [0, 0.05) is 37.8 Å².